The first kappa shape index (κ1) is 13.3. The average Bonchev–Trinajstić information content (AvgIpc) is 1.82. The third kappa shape index (κ3) is 6.82. The minimum atomic E-state index is -0.913. The van der Waals surface area contributed by atoms with Gasteiger partial charge in [-0.2, -0.15) is 11.8 Å². The zero-order chi connectivity index (χ0) is 7.28. The van der Waals surface area contributed by atoms with Crippen LogP contribution >= 0.6 is 11.8 Å². The summed E-state index contributed by atoms with van der Waals surface area (Å²) in [6, 6.07) is -0.683. The van der Waals surface area contributed by atoms with E-state index >= 15 is 0 Å². The second-order valence-electron chi connectivity index (χ2n) is 1.73. The van der Waals surface area contributed by atoms with Gasteiger partial charge >= 0.3 is 33.3 Å². The summed E-state index contributed by atoms with van der Waals surface area (Å²) < 4.78 is 0. The molecule has 1 unspecified atom stereocenters. The first-order chi connectivity index (χ1) is 4.18. The quantitative estimate of drug-likeness (QED) is 0.649. The Hall–Kier alpha value is 0.702. The van der Waals surface area contributed by atoms with Crippen molar-refractivity contribution < 1.29 is 9.90 Å². The Balaban J connectivity index is 0. The Labute approximate surface area is 84.9 Å². The van der Waals surface area contributed by atoms with Gasteiger partial charge in [-0.15, -0.1) is 0 Å². The van der Waals surface area contributed by atoms with Gasteiger partial charge in [-0.1, -0.05) is 0 Å². The molecule has 0 aromatic rings. The number of hydrogen-bond acceptors (Lipinski definition) is 3. The molecule has 0 saturated carbocycles. The molecule has 0 bridgehead atoms. The Kier molecular flexibility index (Phi) is 10.4. The SMILES string of the molecule is CSCCC(N)C(=O)O.[PbH2]. The van der Waals surface area contributed by atoms with Crippen LogP contribution in [0.3, 0.4) is 0 Å². The Morgan fingerprint density at radius 3 is 2.60 bits per heavy atom. The molecule has 0 amide bonds. The van der Waals surface area contributed by atoms with Crippen LogP contribution in [-0.2, 0) is 4.79 Å². The van der Waals surface area contributed by atoms with Crippen molar-refractivity contribution in [1.29, 1.82) is 0 Å². The van der Waals surface area contributed by atoms with E-state index in [1.807, 2.05) is 6.26 Å². The van der Waals surface area contributed by atoms with Crippen LogP contribution in [0, 0.1) is 0 Å². The van der Waals surface area contributed by atoms with Gasteiger partial charge in [-0.25, -0.2) is 0 Å². The van der Waals surface area contributed by atoms with E-state index in [0.717, 1.165) is 5.75 Å². The van der Waals surface area contributed by atoms with Crippen molar-refractivity contribution in [3.63, 3.8) is 0 Å². The predicted octanol–water partition coefficient (Wildman–Crippen LogP) is -0.765. The van der Waals surface area contributed by atoms with Gasteiger partial charge < -0.3 is 10.8 Å². The van der Waals surface area contributed by atoms with Gasteiger partial charge in [0.15, 0.2) is 0 Å². The van der Waals surface area contributed by atoms with Crippen molar-refractivity contribution in [1.82, 2.24) is 0 Å². The third-order valence-corrected chi connectivity index (χ3v) is 1.59. The topological polar surface area (TPSA) is 63.3 Å². The monoisotopic (exact) mass is 359 g/mol. The fourth-order valence-corrected chi connectivity index (χ4v) is 0.858. The molecule has 0 aromatic carbocycles. The van der Waals surface area contributed by atoms with Gasteiger partial charge in [0.1, 0.15) is 6.04 Å². The molecule has 0 aliphatic rings. The number of nitrogens with two attached hydrogens (primary N) is 1. The van der Waals surface area contributed by atoms with Crippen LogP contribution in [0.1, 0.15) is 6.42 Å². The first-order valence-corrected chi connectivity index (χ1v) is 4.05. The van der Waals surface area contributed by atoms with Crippen molar-refractivity contribution in [3.8, 4) is 0 Å². The number of thioether (sulfide) groups is 1. The van der Waals surface area contributed by atoms with Gasteiger partial charge in [0.05, 0.1) is 0 Å². The minimum absolute atomic E-state index is 0. The van der Waals surface area contributed by atoms with Crippen LogP contribution in [0.15, 0.2) is 0 Å². The first-order valence-electron chi connectivity index (χ1n) is 2.65. The molecule has 0 spiro atoms. The zero-order valence-corrected chi connectivity index (χ0v) is 12.4. The zero-order valence-electron chi connectivity index (χ0n) is 6.04. The molecule has 2 radical (unpaired) electrons. The molecular formula is C5H13NO2PbS. The summed E-state index contributed by atoms with van der Waals surface area (Å²) in [5.74, 6) is -0.1000. The average molecular weight is 358 g/mol. The number of hydrogen-bond donors (Lipinski definition) is 2. The molecule has 1 atom stereocenters. The number of aliphatic carboxylic acids is 1. The van der Waals surface area contributed by atoms with Crippen LogP contribution in [0.25, 0.3) is 0 Å². The van der Waals surface area contributed by atoms with Crippen molar-refractivity contribution >= 4 is 45.0 Å². The summed E-state index contributed by atoms with van der Waals surface area (Å²) in [4.78, 5) is 10.1. The van der Waals surface area contributed by atoms with Gasteiger partial charge in [0.2, 0.25) is 0 Å². The maximum absolute atomic E-state index is 10.1. The van der Waals surface area contributed by atoms with Crippen LogP contribution in [0.5, 0.6) is 0 Å². The molecule has 3 nitrogen and oxygen atoms in total. The van der Waals surface area contributed by atoms with Gasteiger partial charge in [0.25, 0.3) is 0 Å². The molecule has 3 N–H and O–H groups in total. The Morgan fingerprint density at radius 2 is 2.30 bits per heavy atom. The third-order valence-electron chi connectivity index (χ3n) is 0.950. The molecule has 0 heterocycles. The summed E-state index contributed by atoms with van der Waals surface area (Å²) in [5, 5.41) is 8.27. The van der Waals surface area contributed by atoms with E-state index in [-0.39, 0.29) is 27.3 Å². The van der Waals surface area contributed by atoms with Crippen LogP contribution < -0.4 is 5.73 Å². The number of carbonyl (C=O) groups is 1. The van der Waals surface area contributed by atoms with Crippen LogP contribution in [0.4, 0.5) is 0 Å². The van der Waals surface area contributed by atoms with Crippen molar-refractivity contribution in [2.24, 2.45) is 5.73 Å². The van der Waals surface area contributed by atoms with E-state index in [4.69, 9.17) is 10.8 Å². The number of carboxylic acids is 1. The molecule has 0 aromatic heterocycles. The standard InChI is InChI=1S/C5H11NO2S.Pb.2H/c1-9-3-2-4(6)5(7)8;;;/h4H,2-3,6H2,1H3,(H,7,8);;;. The molecule has 10 heavy (non-hydrogen) atoms. The van der Waals surface area contributed by atoms with E-state index < -0.39 is 12.0 Å². The fraction of sp³-hybridized carbons (Fsp3) is 0.800. The van der Waals surface area contributed by atoms with Crippen LogP contribution in [-0.4, -0.2) is 56.4 Å². The molecule has 0 aliphatic carbocycles. The molecule has 0 fully saturated rings. The summed E-state index contributed by atoms with van der Waals surface area (Å²) in [5.41, 5.74) is 5.19. The Bertz CT molecular complexity index is 102. The summed E-state index contributed by atoms with van der Waals surface area (Å²) in [6.45, 7) is 0. The molecule has 5 heteroatoms. The number of carboxylic acid groups (broad SMARTS) is 1. The van der Waals surface area contributed by atoms with Gasteiger partial charge in [-0.05, 0) is 18.4 Å². The second kappa shape index (κ2) is 7.81. The Morgan fingerprint density at radius 1 is 1.80 bits per heavy atom. The van der Waals surface area contributed by atoms with Crippen molar-refractivity contribution in [3.05, 3.63) is 0 Å². The number of rotatable bonds is 4. The van der Waals surface area contributed by atoms with E-state index in [9.17, 15) is 4.79 Å². The van der Waals surface area contributed by atoms with E-state index in [0.29, 0.717) is 6.42 Å². The summed E-state index contributed by atoms with van der Waals surface area (Å²) in [7, 11) is 0. The van der Waals surface area contributed by atoms with E-state index in [1.165, 1.54) is 0 Å². The van der Waals surface area contributed by atoms with Crippen molar-refractivity contribution in [2.45, 2.75) is 12.5 Å². The molecule has 60 valence electrons. The molecule has 0 aliphatic heterocycles. The maximum atomic E-state index is 10.1. The molecular weight excluding hydrogens is 345 g/mol. The van der Waals surface area contributed by atoms with Crippen LogP contribution in [0.2, 0.25) is 0 Å². The second-order valence-corrected chi connectivity index (χ2v) is 2.71. The van der Waals surface area contributed by atoms with Gasteiger partial charge in [0, 0.05) is 0 Å². The van der Waals surface area contributed by atoms with Gasteiger partial charge in [-0.3, -0.25) is 4.79 Å². The normalized spacial score (nSPS) is 11.8. The fourth-order valence-electron chi connectivity index (χ4n) is 0.368. The molecule has 0 rings (SSSR count). The van der Waals surface area contributed by atoms with E-state index in [2.05, 4.69) is 0 Å². The summed E-state index contributed by atoms with van der Waals surface area (Å²) >= 11 is 1.60. The van der Waals surface area contributed by atoms with E-state index in [1.54, 1.807) is 11.8 Å². The van der Waals surface area contributed by atoms with Crippen molar-refractivity contribution in [2.75, 3.05) is 12.0 Å². The molecule has 0 saturated heterocycles. The summed E-state index contributed by atoms with van der Waals surface area (Å²) in [6.07, 6.45) is 2.48. The predicted molar refractivity (Wildman–Crippen MR) is 47.2 cm³/mol.